The van der Waals surface area contributed by atoms with Crippen LogP contribution in [0.3, 0.4) is 0 Å². The summed E-state index contributed by atoms with van der Waals surface area (Å²) >= 11 is 0. The summed E-state index contributed by atoms with van der Waals surface area (Å²) in [7, 11) is 0. The van der Waals surface area contributed by atoms with Crippen molar-refractivity contribution < 1.29 is 9.63 Å². The first-order chi connectivity index (χ1) is 7.63. The van der Waals surface area contributed by atoms with E-state index in [1.165, 1.54) is 0 Å². The minimum Gasteiger partial charge on any atom is -0.391 e. The molecular weight excluding hydrogens is 202 g/mol. The molecule has 0 heterocycles. The first kappa shape index (κ1) is 12.4. The van der Waals surface area contributed by atoms with Crippen LogP contribution in [0.2, 0.25) is 0 Å². The number of hydrogen-bond acceptors (Lipinski definition) is 3. The molecule has 3 nitrogen and oxygen atoms in total. The molecule has 0 aliphatic rings. The van der Waals surface area contributed by atoms with Crippen molar-refractivity contribution in [2.24, 2.45) is 11.1 Å². The van der Waals surface area contributed by atoms with E-state index in [9.17, 15) is 4.79 Å². The first-order valence-corrected chi connectivity index (χ1v) is 5.34. The highest BCUT2D eigenvalue weighted by atomic mass is 16.6. The highest BCUT2D eigenvalue weighted by Crippen LogP contribution is 2.05. The fraction of sp³-hybridized carbons (Fsp3) is 0.385. The Morgan fingerprint density at radius 1 is 1.38 bits per heavy atom. The number of carbonyl (C=O) groups excluding carboxylic acids is 1. The van der Waals surface area contributed by atoms with E-state index in [0.29, 0.717) is 18.1 Å². The summed E-state index contributed by atoms with van der Waals surface area (Å²) < 4.78 is 0. The van der Waals surface area contributed by atoms with Crippen molar-refractivity contribution in [2.75, 3.05) is 0 Å². The van der Waals surface area contributed by atoms with Gasteiger partial charge in [0, 0.05) is 5.56 Å². The molecule has 1 aromatic rings. The molecule has 0 spiro atoms. The molecule has 0 unspecified atom stereocenters. The van der Waals surface area contributed by atoms with E-state index in [1.807, 2.05) is 19.1 Å². The molecule has 0 atom stereocenters. The summed E-state index contributed by atoms with van der Waals surface area (Å²) in [5.41, 5.74) is 2.65. The molecule has 0 radical (unpaired) electrons. The average Bonchev–Trinajstić information content (AvgIpc) is 2.29. The quantitative estimate of drug-likeness (QED) is 0.433. The largest absolute Gasteiger partial charge is 0.391 e. The van der Waals surface area contributed by atoms with Gasteiger partial charge in [-0.1, -0.05) is 43.3 Å². The number of nitrogens with zero attached hydrogens (tertiary/aromatic N) is 1. The summed E-state index contributed by atoms with van der Waals surface area (Å²) in [6.07, 6.45) is 0.825. The maximum absolute atomic E-state index is 10.4. The molecule has 0 amide bonds. The van der Waals surface area contributed by atoms with Gasteiger partial charge in [-0.05, 0) is 18.4 Å². The van der Waals surface area contributed by atoms with Gasteiger partial charge in [0.1, 0.15) is 12.9 Å². The van der Waals surface area contributed by atoms with Gasteiger partial charge in [-0.2, -0.15) is 0 Å². The number of hydrogen-bond donors (Lipinski definition) is 0. The average molecular weight is 219 g/mol. The number of aldehydes is 1. The summed E-state index contributed by atoms with van der Waals surface area (Å²) in [5.74, 6) is 0.400. The Kier molecular flexibility index (Phi) is 4.70. The SMILES string of the molecule is CC(=NOCc1ccc(C=O)cc1)C(C)C. The van der Waals surface area contributed by atoms with Gasteiger partial charge in [0.15, 0.2) is 0 Å². The fourth-order valence-electron chi connectivity index (χ4n) is 1.01. The van der Waals surface area contributed by atoms with Crippen molar-refractivity contribution in [1.82, 2.24) is 0 Å². The molecule has 16 heavy (non-hydrogen) atoms. The minimum absolute atomic E-state index is 0.400. The van der Waals surface area contributed by atoms with Crippen LogP contribution >= 0.6 is 0 Å². The van der Waals surface area contributed by atoms with Crippen molar-refractivity contribution in [3.05, 3.63) is 35.4 Å². The molecule has 3 heteroatoms. The second-order valence-corrected chi connectivity index (χ2v) is 4.02. The third-order valence-electron chi connectivity index (χ3n) is 2.39. The van der Waals surface area contributed by atoms with Crippen LogP contribution in [0.4, 0.5) is 0 Å². The summed E-state index contributed by atoms with van der Waals surface area (Å²) in [6.45, 7) is 6.52. The Morgan fingerprint density at radius 3 is 2.50 bits per heavy atom. The molecule has 0 aromatic heterocycles. The number of rotatable bonds is 5. The Hall–Kier alpha value is -1.64. The smallest absolute Gasteiger partial charge is 0.150 e. The van der Waals surface area contributed by atoms with E-state index >= 15 is 0 Å². The standard InChI is InChI=1S/C13H17NO2/c1-10(2)11(3)14-16-9-13-6-4-12(8-15)5-7-13/h4-8,10H,9H2,1-3H3. The molecule has 1 aromatic carbocycles. The molecular formula is C13H17NO2. The predicted octanol–water partition coefficient (Wildman–Crippen LogP) is 3.05. The lowest BCUT2D eigenvalue weighted by molar-refractivity contribution is 0.112. The van der Waals surface area contributed by atoms with Crippen molar-refractivity contribution in [3.8, 4) is 0 Å². The zero-order chi connectivity index (χ0) is 12.0. The number of carbonyl (C=O) groups is 1. The van der Waals surface area contributed by atoms with Gasteiger partial charge in [0.05, 0.1) is 5.71 Å². The third kappa shape index (κ3) is 3.85. The van der Waals surface area contributed by atoms with Crippen LogP contribution < -0.4 is 0 Å². The summed E-state index contributed by atoms with van der Waals surface area (Å²) in [5, 5.41) is 4.01. The van der Waals surface area contributed by atoms with Crippen molar-refractivity contribution >= 4 is 12.0 Å². The van der Waals surface area contributed by atoms with Crippen molar-refractivity contribution in [1.29, 1.82) is 0 Å². The number of benzene rings is 1. The van der Waals surface area contributed by atoms with Gasteiger partial charge in [0.2, 0.25) is 0 Å². The Labute approximate surface area is 96.1 Å². The Balaban J connectivity index is 2.49. The lowest BCUT2D eigenvalue weighted by Crippen LogP contribution is -2.02. The lowest BCUT2D eigenvalue weighted by atomic mass is 10.1. The highest BCUT2D eigenvalue weighted by Gasteiger charge is 1.98. The lowest BCUT2D eigenvalue weighted by Gasteiger charge is -2.04. The maximum atomic E-state index is 10.4. The third-order valence-corrected chi connectivity index (χ3v) is 2.39. The maximum Gasteiger partial charge on any atom is 0.150 e. The summed E-state index contributed by atoms with van der Waals surface area (Å²) in [4.78, 5) is 15.7. The molecule has 0 aliphatic carbocycles. The predicted molar refractivity (Wildman–Crippen MR) is 64.6 cm³/mol. The van der Waals surface area contributed by atoms with Crippen LogP contribution in [-0.4, -0.2) is 12.0 Å². The normalized spacial score (nSPS) is 11.6. The zero-order valence-electron chi connectivity index (χ0n) is 9.93. The first-order valence-electron chi connectivity index (χ1n) is 5.34. The van der Waals surface area contributed by atoms with Crippen LogP contribution in [0, 0.1) is 5.92 Å². The number of oxime groups is 1. The molecule has 0 aliphatic heterocycles. The zero-order valence-corrected chi connectivity index (χ0v) is 9.93. The van der Waals surface area contributed by atoms with E-state index in [4.69, 9.17) is 4.84 Å². The molecule has 86 valence electrons. The van der Waals surface area contributed by atoms with Gasteiger partial charge in [-0.15, -0.1) is 0 Å². The van der Waals surface area contributed by atoms with Crippen LogP contribution in [0.1, 0.15) is 36.7 Å². The molecule has 0 N–H and O–H groups in total. The van der Waals surface area contributed by atoms with Crippen LogP contribution in [0.5, 0.6) is 0 Å². The van der Waals surface area contributed by atoms with Crippen LogP contribution in [0.15, 0.2) is 29.4 Å². The Bertz CT molecular complexity index is 366. The highest BCUT2D eigenvalue weighted by molar-refractivity contribution is 5.83. The van der Waals surface area contributed by atoms with E-state index < -0.39 is 0 Å². The monoisotopic (exact) mass is 219 g/mol. The van der Waals surface area contributed by atoms with E-state index in [2.05, 4.69) is 19.0 Å². The second-order valence-electron chi connectivity index (χ2n) is 4.02. The van der Waals surface area contributed by atoms with Gasteiger partial charge in [-0.25, -0.2) is 0 Å². The topological polar surface area (TPSA) is 38.7 Å². The van der Waals surface area contributed by atoms with Crippen molar-refractivity contribution in [2.45, 2.75) is 27.4 Å². The van der Waals surface area contributed by atoms with E-state index in [-0.39, 0.29) is 0 Å². The molecule has 0 fully saturated rings. The fourth-order valence-corrected chi connectivity index (χ4v) is 1.01. The molecule has 1 rings (SSSR count). The van der Waals surface area contributed by atoms with Gasteiger partial charge in [0.25, 0.3) is 0 Å². The Morgan fingerprint density at radius 2 is 2.00 bits per heavy atom. The second kappa shape index (κ2) is 6.05. The summed E-state index contributed by atoms with van der Waals surface area (Å²) in [6, 6.07) is 7.27. The van der Waals surface area contributed by atoms with Gasteiger partial charge >= 0.3 is 0 Å². The van der Waals surface area contributed by atoms with Crippen LogP contribution in [-0.2, 0) is 11.4 Å². The molecule has 0 saturated heterocycles. The molecule has 0 bridgehead atoms. The van der Waals surface area contributed by atoms with E-state index in [1.54, 1.807) is 12.1 Å². The van der Waals surface area contributed by atoms with Crippen LogP contribution in [0.25, 0.3) is 0 Å². The van der Waals surface area contributed by atoms with Crippen molar-refractivity contribution in [3.63, 3.8) is 0 Å². The molecule has 0 saturated carbocycles. The van der Waals surface area contributed by atoms with Gasteiger partial charge in [-0.3, -0.25) is 4.79 Å². The van der Waals surface area contributed by atoms with E-state index in [0.717, 1.165) is 17.6 Å². The van der Waals surface area contributed by atoms with Gasteiger partial charge < -0.3 is 4.84 Å². The minimum atomic E-state index is 0.400.